The molecule has 0 aromatic carbocycles. The molecule has 0 fully saturated rings. The van der Waals surface area contributed by atoms with E-state index >= 15 is 0 Å². The zero-order valence-electron chi connectivity index (χ0n) is 7.73. The van der Waals surface area contributed by atoms with E-state index in [0.717, 1.165) is 4.88 Å². The normalized spacial score (nSPS) is 12.3. The number of anilines is 1. The lowest BCUT2D eigenvalue weighted by molar-refractivity contribution is 0.523. The fraction of sp³-hybridized carbons (Fsp3) is 0.429. The van der Waals surface area contributed by atoms with Gasteiger partial charge in [0.15, 0.2) is 0 Å². The lowest BCUT2D eigenvalue weighted by atomic mass is 10.4. The molecule has 0 aliphatic heterocycles. The van der Waals surface area contributed by atoms with Crippen molar-refractivity contribution in [1.82, 2.24) is 4.31 Å². The molecule has 74 valence electrons. The summed E-state index contributed by atoms with van der Waals surface area (Å²) in [5.41, 5.74) is 6.10. The van der Waals surface area contributed by atoms with Gasteiger partial charge in [-0.05, 0) is 13.0 Å². The maximum absolute atomic E-state index is 11.6. The fourth-order valence-corrected chi connectivity index (χ4v) is 3.32. The van der Waals surface area contributed by atoms with Gasteiger partial charge in [-0.15, -0.1) is 11.3 Å². The van der Waals surface area contributed by atoms with Crippen LogP contribution in [0.5, 0.6) is 0 Å². The molecule has 0 radical (unpaired) electrons. The molecule has 1 rings (SSSR count). The third kappa shape index (κ3) is 1.84. The van der Waals surface area contributed by atoms with E-state index < -0.39 is 10.0 Å². The Morgan fingerprint density at radius 3 is 2.31 bits per heavy atom. The zero-order valence-corrected chi connectivity index (χ0v) is 9.37. The van der Waals surface area contributed by atoms with Gasteiger partial charge in [0.25, 0.3) is 10.0 Å². The highest BCUT2D eigenvalue weighted by Gasteiger charge is 2.20. The number of rotatable bonds is 2. The summed E-state index contributed by atoms with van der Waals surface area (Å²) in [5, 5.41) is 0. The highest BCUT2D eigenvalue weighted by molar-refractivity contribution is 7.91. The number of thiophene rings is 1. The van der Waals surface area contributed by atoms with Crippen LogP contribution in [-0.4, -0.2) is 26.8 Å². The van der Waals surface area contributed by atoms with Crippen LogP contribution in [0.2, 0.25) is 0 Å². The number of nitrogens with two attached hydrogens (primary N) is 1. The molecule has 0 spiro atoms. The Morgan fingerprint density at radius 2 is 2.00 bits per heavy atom. The molecule has 0 saturated heterocycles. The van der Waals surface area contributed by atoms with E-state index in [0.29, 0.717) is 9.90 Å². The lowest BCUT2D eigenvalue weighted by Crippen LogP contribution is -2.21. The van der Waals surface area contributed by atoms with Crippen molar-refractivity contribution >= 4 is 27.0 Å². The van der Waals surface area contributed by atoms with Crippen molar-refractivity contribution in [1.29, 1.82) is 0 Å². The monoisotopic (exact) mass is 220 g/mol. The van der Waals surface area contributed by atoms with Crippen LogP contribution in [0, 0.1) is 6.92 Å². The first-order valence-electron chi connectivity index (χ1n) is 3.64. The maximum Gasteiger partial charge on any atom is 0.252 e. The van der Waals surface area contributed by atoms with Crippen LogP contribution in [0.3, 0.4) is 0 Å². The van der Waals surface area contributed by atoms with E-state index in [-0.39, 0.29) is 0 Å². The fourth-order valence-electron chi connectivity index (χ4n) is 0.775. The van der Waals surface area contributed by atoms with Gasteiger partial charge in [0, 0.05) is 24.7 Å². The summed E-state index contributed by atoms with van der Waals surface area (Å²) in [7, 11) is -0.306. The van der Waals surface area contributed by atoms with Gasteiger partial charge in [-0.25, -0.2) is 12.7 Å². The average Bonchev–Trinajstić information content (AvgIpc) is 2.32. The van der Waals surface area contributed by atoms with E-state index in [9.17, 15) is 8.42 Å². The molecule has 6 heteroatoms. The molecule has 1 aromatic heterocycles. The quantitative estimate of drug-likeness (QED) is 0.805. The summed E-state index contributed by atoms with van der Waals surface area (Å²) in [6.07, 6.45) is 0. The van der Waals surface area contributed by atoms with Crippen molar-refractivity contribution in [2.45, 2.75) is 11.1 Å². The second-order valence-corrected chi connectivity index (χ2v) is 6.50. The number of hydrogen-bond acceptors (Lipinski definition) is 4. The molecule has 1 heterocycles. The summed E-state index contributed by atoms with van der Waals surface area (Å²) in [6, 6.07) is 1.50. The van der Waals surface area contributed by atoms with Crippen LogP contribution in [0.4, 0.5) is 5.69 Å². The molecule has 0 unspecified atom stereocenters. The minimum atomic E-state index is -3.31. The van der Waals surface area contributed by atoms with Gasteiger partial charge < -0.3 is 5.73 Å². The first kappa shape index (κ1) is 10.5. The van der Waals surface area contributed by atoms with E-state index in [4.69, 9.17) is 5.73 Å². The molecule has 0 amide bonds. The van der Waals surface area contributed by atoms with Gasteiger partial charge >= 0.3 is 0 Å². The largest absolute Gasteiger partial charge is 0.398 e. The third-order valence-electron chi connectivity index (χ3n) is 1.67. The van der Waals surface area contributed by atoms with Crippen molar-refractivity contribution in [3.63, 3.8) is 0 Å². The standard InChI is InChI=1S/C7H12N2O2S2/c1-5-6(8)4-7(12-5)13(10,11)9(2)3/h4H,8H2,1-3H3. The Kier molecular flexibility index (Phi) is 2.65. The predicted molar refractivity (Wildman–Crippen MR) is 54.3 cm³/mol. The number of nitrogen functional groups attached to an aromatic ring is 1. The van der Waals surface area contributed by atoms with Crippen molar-refractivity contribution in [3.8, 4) is 0 Å². The Hall–Kier alpha value is -0.590. The van der Waals surface area contributed by atoms with Crippen molar-refractivity contribution in [2.75, 3.05) is 19.8 Å². The highest BCUT2D eigenvalue weighted by atomic mass is 32.2. The van der Waals surface area contributed by atoms with Crippen molar-refractivity contribution in [3.05, 3.63) is 10.9 Å². The smallest absolute Gasteiger partial charge is 0.252 e. The van der Waals surface area contributed by atoms with Crippen molar-refractivity contribution < 1.29 is 8.42 Å². The van der Waals surface area contributed by atoms with Gasteiger partial charge in [-0.1, -0.05) is 0 Å². The molecule has 2 N–H and O–H groups in total. The molecule has 0 aliphatic rings. The molecule has 4 nitrogen and oxygen atoms in total. The zero-order chi connectivity index (χ0) is 10.2. The summed E-state index contributed by atoms with van der Waals surface area (Å²) in [5.74, 6) is 0. The first-order valence-corrected chi connectivity index (χ1v) is 5.90. The highest BCUT2D eigenvalue weighted by Crippen LogP contribution is 2.28. The first-order chi connectivity index (χ1) is 5.85. The van der Waals surface area contributed by atoms with Gasteiger partial charge in [0.1, 0.15) is 4.21 Å². The Bertz CT molecular complexity index is 387. The lowest BCUT2D eigenvalue weighted by Gasteiger charge is -2.07. The average molecular weight is 220 g/mol. The van der Waals surface area contributed by atoms with Crippen LogP contribution in [0.15, 0.2) is 10.3 Å². The number of nitrogens with zero attached hydrogens (tertiary/aromatic N) is 1. The molecule has 0 bridgehead atoms. The summed E-state index contributed by atoms with van der Waals surface area (Å²) >= 11 is 1.19. The second-order valence-electron chi connectivity index (χ2n) is 2.86. The van der Waals surface area contributed by atoms with Crippen LogP contribution in [-0.2, 0) is 10.0 Å². The molecule has 0 saturated carbocycles. The Morgan fingerprint density at radius 1 is 1.46 bits per heavy atom. The molecule has 0 aliphatic carbocycles. The van der Waals surface area contributed by atoms with Gasteiger partial charge in [0.2, 0.25) is 0 Å². The summed E-state index contributed by atoms with van der Waals surface area (Å²) in [6.45, 7) is 1.80. The van der Waals surface area contributed by atoms with E-state index in [1.54, 1.807) is 6.92 Å². The molecule has 0 atom stereocenters. The Labute approximate surface area is 82.0 Å². The molecule has 1 aromatic rings. The second kappa shape index (κ2) is 3.28. The summed E-state index contributed by atoms with van der Waals surface area (Å²) < 4.78 is 24.6. The SMILES string of the molecule is Cc1sc(S(=O)(=O)N(C)C)cc1N. The van der Waals surface area contributed by atoms with Gasteiger partial charge in [0.05, 0.1) is 0 Å². The van der Waals surface area contributed by atoms with Gasteiger partial charge in [-0.2, -0.15) is 0 Å². The van der Waals surface area contributed by atoms with Gasteiger partial charge in [-0.3, -0.25) is 0 Å². The molecular weight excluding hydrogens is 208 g/mol. The van der Waals surface area contributed by atoms with Crippen LogP contribution < -0.4 is 5.73 Å². The predicted octanol–water partition coefficient (Wildman–Crippen LogP) is 0.889. The number of aryl methyl sites for hydroxylation is 1. The number of sulfonamides is 1. The van der Waals surface area contributed by atoms with E-state index in [1.807, 2.05) is 0 Å². The maximum atomic E-state index is 11.6. The third-order valence-corrected chi connectivity index (χ3v) is 5.00. The van der Waals surface area contributed by atoms with Crippen LogP contribution in [0.1, 0.15) is 4.88 Å². The Balaban J connectivity index is 3.24. The topological polar surface area (TPSA) is 63.4 Å². The van der Waals surface area contributed by atoms with E-state index in [2.05, 4.69) is 0 Å². The molecule has 13 heavy (non-hydrogen) atoms. The van der Waals surface area contributed by atoms with Crippen LogP contribution >= 0.6 is 11.3 Å². The summed E-state index contributed by atoms with van der Waals surface area (Å²) in [4.78, 5) is 0.834. The van der Waals surface area contributed by atoms with E-state index in [1.165, 1.54) is 35.8 Å². The number of hydrogen-bond donors (Lipinski definition) is 1. The molecular formula is C7H12N2O2S2. The van der Waals surface area contributed by atoms with Crippen LogP contribution in [0.25, 0.3) is 0 Å². The van der Waals surface area contributed by atoms with Crippen molar-refractivity contribution in [2.24, 2.45) is 0 Å². The minimum Gasteiger partial charge on any atom is -0.398 e. The minimum absolute atomic E-state index is 0.299.